The minimum Gasteiger partial charge on any atom is -0.493 e. The topological polar surface area (TPSA) is 30.5 Å². The van der Waals surface area contributed by atoms with E-state index in [4.69, 9.17) is 9.47 Å². The smallest absolute Gasteiger partial charge is 0.161 e. The molecule has 1 N–H and O–H groups in total. The van der Waals surface area contributed by atoms with Crippen molar-refractivity contribution in [2.45, 2.75) is 31.7 Å². The summed E-state index contributed by atoms with van der Waals surface area (Å²) in [6.07, 6.45) is 5.10. The van der Waals surface area contributed by atoms with E-state index in [1.807, 2.05) is 6.07 Å². The number of methoxy groups -OCH3 is 1. The zero-order chi connectivity index (χ0) is 12.4. The fourth-order valence-electron chi connectivity index (χ4n) is 2.48. The van der Waals surface area contributed by atoms with Gasteiger partial charge in [0, 0.05) is 6.04 Å². The molecule has 1 unspecified atom stereocenters. The fraction of sp³-hybridized carbons (Fsp3) is 0.600. The fourth-order valence-corrected chi connectivity index (χ4v) is 2.48. The highest BCUT2D eigenvalue weighted by Gasteiger charge is 2.23. The maximum atomic E-state index is 5.90. The molecule has 0 radical (unpaired) electrons. The van der Waals surface area contributed by atoms with Gasteiger partial charge in [0.25, 0.3) is 0 Å². The number of nitrogens with one attached hydrogen (secondary N) is 1. The molecule has 1 heterocycles. The van der Waals surface area contributed by atoms with Gasteiger partial charge in [-0.25, -0.2) is 0 Å². The summed E-state index contributed by atoms with van der Waals surface area (Å²) in [6.45, 7) is 1.95. The van der Waals surface area contributed by atoms with Crippen molar-refractivity contribution in [2.24, 2.45) is 5.92 Å². The average Bonchev–Trinajstić information content (AvgIpc) is 3.08. The van der Waals surface area contributed by atoms with Crippen molar-refractivity contribution in [3.8, 4) is 11.5 Å². The van der Waals surface area contributed by atoms with Crippen LogP contribution in [0.15, 0.2) is 18.2 Å². The first kappa shape index (κ1) is 11.8. The number of benzene rings is 1. The number of ether oxygens (including phenoxy) is 2. The molecule has 0 spiro atoms. The summed E-state index contributed by atoms with van der Waals surface area (Å²) in [4.78, 5) is 0. The lowest BCUT2D eigenvalue weighted by atomic mass is 10.0. The Morgan fingerprint density at radius 3 is 2.78 bits per heavy atom. The van der Waals surface area contributed by atoms with Crippen molar-refractivity contribution in [3.63, 3.8) is 0 Å². The third kappa shape index (κ3) is 2.61. The van der Waals surface area contributed by atoms with Crippen LogP contribution in [0, 0.1) is 5.92 Å². The van der Waals surface area contributed by atoms with Crippen LogP contribution in [0.25, 0.3) is 0 Å². The minimum absolute atomic E-state index is 0.485. The van der Waals surface area contributed by atoms with E-state index in [-0.39, 0.29) is 0 Å². The van der Waals surface area contributed by atoms with Gasteiger partial charge in [-0.1, -0.05) is 6.07 Å². The Morgan fingerprint density at radius 1 is 1.22 bits per heavy atom. The summed E-state index contributed by atoms with van der Waals surface area (Å²) >= 11 is 0. The van der Waals surface area contributed by atoms with Gasteiger partial charge in [-0.2, -0.15) is 0 Å². The van der Waals surface area contributed by atoms with Crippen LogP contribution in [0.2, 0.25) is 0 Å². The first-order valence-electron chi connectivity index (χ1n) is 6.91. The maximum absolute atomic E-state index is 5.90. The van der Waals surface area contributed by atoms with E-state index in [0.717, 1.165) is 30.6 Å². The van der Waals surface area contributed by atoms with E-state index in [1.165, 1.54) is 31.2 Å². The Bertz CT molecular complexity index is 409. The molecule has 0 aromatic heterocycles. The number of rotatable bonds is 5. The van der Waals surface area contributed by atoms with Gasteiger partial charge in [0.1, 0.15) is 0 Å². The molecule has 1 atom stereocenters. The Balaban J connectivity index is 1.76. The summed E-state index contributed by atoms with van der Waals surface area (Å²) in [5.41, 5.74) is 1.32. The standard InChI is InChI=1S/C15H21NO2/c1-17-14-7-6-12(13-3-2-8-16-13)9-15(14)18-10-11-4-5-11/h6-7,9,11,13,16H,2-5,8,10H2,1H3. The lowest BCUT2D eigenvalue weighted by Crippen LogP contribution is -2.13. The number of hydrogen-bond acceptors (Lipinski definition) is 3. The molecule has 3 heteroatoms. The molecule has 1 aliphatic carbocycles. The third-order valence-electron chi connectivity index (χ3n) is 3.82. The maximum Gasteiger partial charge on any atom is 0.161 e. The molecule has 2 aliphatic rings. The molecule has 18 heavy (non-hydrogen) atoms. The third-order valence-corrected chi connectivity index (χ3v) is 3.82. The molecule has 1 aromatic rings. The molecule has 0 bridgehead atoms. The summed E-state index contributed by atoms with van der Waals surface area (Å²) in [5, 5.41) is 3.52. The Kier molecular flexibility index (Phi) is 3.41. The molecular weight excluding hydrogens is 226 g/mol. The Morgan fingerprint density at radius 2 is 2.11 bits per heavy atom. The van der Waals surface area contributed by atoms with Crippen LogP contribution < -0.4 is 14.8 Å². The highest BCUT2D eigenvalue weighted by molar-refractivity contribution is 5.44. The van der Waals surface area contributed by atoms with Crippen molar-refractivity contribution < 1.29 is 9.47 Å². The molecule has 1 saturated heterocycles. The molecule has 1 aromatic carbocycles. The van der Waals surface area contributed by atoms with Crippen LogP contribution in [0.5, 0.6) is 11.5 Å². The minimum atomic E-state index is 0.485. The van der Waals surface area contributed by atoms with Crippen LogP contribution in [-0.2, 0) is 0 Å². The van der Waals surface area contributed by atoms with E-state index in [2.05, 4.69) is 17.4 Å². The molecule has 3 nitrogen and oxygen atoms in total. The second-order valence-electron chi connectivity index (χ2n) is 5.31. The van der Waals surface area contributed by atoms with Gasteiger partial charge < -0.3 is 14.8 Å². The highest BCUT2D eigenvalue weighted by atomic mass is 16.5. The normalized spacial score (nSPS) is 23.1. The molecule has 2 fully saturated rings. The van der Waals surface area contributed by atoms with Crippen molar-refractivity contribution >= 4 is 0 Å². The largest absolute Gasteiger partial charge is 0.493 e. The van der Waals surface area contributed by atoms with Crippen molar-refractivity contribution in [3.05, 3.63) is 23.8 Å². The van der Waals surface area contributed by atoms with Crippen LogP contribution >= 0.6 is 0 Å². The molecule has 1 aliphatic heterocycles. The first-order chi connectivity index (χ1) is 8.86. The van der Waals surface area contributed by atoms with E-state index >= 15 is 0 Å². The lowest BCUT2D eigenvalue weighted by molar-refractivity contribution is 0.280. The second-order valence-corrected chi connectivity index (χ2v) is 5.31. The summed E-state index contributed by atoms with van der Waals surface area (Å²) in [6, 6.07) is 6.80. The van der Waals surface area contributed by atoms with Crippen LogP contribution in [-0.4, -0.2) is 20.3 Å². The van der Waals surface area contributed by atoms with E-state index in [0.29, 0.717) is 6.04 Å². The predicted octanol–water partition coefficient (Wildman–Crippen LogP) is 2.91. The zero-order valence-electron chi connectivity index (χ0n) is 10.9. The molecular formula is C15H21NO2. The molecule has 98 valence electrons. The second kappa shape index (κ2) is 5.19. The SMILES string of the molecule is COc1ccc(C2CCCN2)cc1OCC1CC1. The molecule has 0 amide bonds. The van der Waals surface area contributed by atoms with Gasteiger partial charge in [0.2, 0.25) is 0 Å². The summed E-state index contributed by atoms with van der Waals surface area (Å²) < 4.78 is 11.3. The van der Waals surface area contributed by atoms with Gasteiger partial charge in [0.15, 0.2) is 11.5 Å². The average molecular weight is 247 g/mol. The van der Waals surface area contributed by atoms with Crippen molar-refractivity contribution in [1.29, 1.82) is 0 Å². The van der Waals surface area contributed by atoms with Crippen LogP contribution in [0.3, 0.4) is 0 Å². The van der Waals surface area contributed by atoms with E-state index in [1.54, 1.807) is 7.11 Å². The highest BCUT2D eigenvalue weighted by Crippen LogP contribution is 2.35. The van der Waals surface area contributed by atoms with Gasteiger partial charge >= 0.3 is 0 Å². The van der Waals surface area contributed by atoms with Gasteiger partial charge in [-0.05, 0) is 55.8 Å². The van der Waals surface area contributed by atoms with Crippen molar-refractivity contribution in [1.82, 2.24) is 5.32 Å². The monoisotopic (exact) mass is 247 g/mol. The lowest BCUT2D eigenvalue weighted by Gasteiger charge is -2.15. The summed E-state index contributed by atoms with van der Waals surface area (Å²) in [7, 11) is 1.70. The van der Waals surface area contributed by atoms with Crippen LogP contribution in [0.4, 0.5) is 0 Å². The first-order valence-corrected chi connectivity index (χ1v) is 6.91. The van der Waals surface area contributed by atoms with Gasteiger partial charge in [0.05, 0.1) is 13.7 Å². The van der Waals surface area contributed by atoms with Crippen LogP contribution in [0.1, 0.15) is 37.3 Å². The van der Waals surface area contributed by atoms with E-state index < -0.39 is 0 Å². The van der Waals surface area contributed by atoms with Gasteiger partial charge in [-0.3, -0.25) is 0 Å². The van der Waals surface area contributed by atoms with Crippen molar-refractivity contribution in [2.75, 3.05) is 20.3 Å². The number of hydrogen-bond donors (Lipinski definition) is 1. The molecule has 3 rings (SSSR count). The van der Waals surface area contributed by atoms with Gasteiger partial charge in [-0.15, -0.1) is 0 Å². The van der Waals surface area contributed by atoms with E-state index in [9.17, 15) is 0 Å². The quantitative estimate of drug-likeness (QED) is 0.868. The summed E-state index contributed by atoms with van der Waals surface area (Å²) in [5.74, 6) is 2.51. The molecule has 1 saturated carbocycles. The Labute approximate surface area is 108 Å². The zero-order valence-corrected chi connectivity index (χ0v) is 10.9. The Hall–Kier alpha value is -1.22. The predicted molar refractivity (Wildman–Crippen MR) is 71.2 cm³/mol.